The number of benzene rings is 1. The van der Waals surface area contributed by atoms with Crippen LogP contribution >= 0.6 is 0 Å². The summed E-state index contributed by atoms with van der Waals surface area (Å²) < 4.78 is 64.0. The van der Waals surface area contributed by atoms with Crippen LogP contribution in [0.1, 0.15) is 17.3 Å². The minimum Gasteiger partial charge on any atom is -0.460 e. The molecule has 0 amide bonds. The molecule has 1 aliphatic heterocycles. The zero-order chi connectivity index (χ0) is 15.8. The van der Waals surface area contributed by atoms with Crippen molar-refractivity contribution in [1.29, 1.82) is 0 Å². The molecule has 0 radical (unpaired) electrons. The number of ether oxygens (including phenoxy) is 3. The predicted octanol–water partition coefficient (Wildman–Crippen LogP) is 2.39. The average Bonchev–Trinajstić information content (AvgIpc) is 2.38. The summed E-state index contributed by atoms with van der Waals surface area (Å²) in [6, 6.07) is 2.49. The lowest BCUT2D eigenvalue weighted by molar-refractivity contribution is -0.391. The number of hydrogen-bond donors (Lipinski definition) is 0. The van der Waals surface area contributed by atoms with Crippen LogP contribution in [0.2, 0.25) is 0 Å². The molecular formula is C12H8F4O5. The van der Waals surface area contributed by atoms with Crippen molar-refractivity contribution in [3.05, 3.63) is 23.8 Å². The number of esters is 1. The lowest BCUT2D eigenvalue weighted by Crippen LogP contribution is -2.52. The van der Waals surface area contributed by atoms with E-state index < -0.39 is 35.5 Å². The van der Waals surface area contributed by atoms with E-state index >= 15 is 0 Å². The van der Waals surface area contributed by atoms with E-state index in [4.69, 9.17) is 0 Å². The molecule has 0 fully saturated rings. The zero-order valence-electron chi connectivity index (χ0n) is 10.5. The fourth-order valence-corrected chi connectivity index (χ4v) is 1.52. The number of rotatable bonds is 3. The number of alkyl halides is 4. The van der Waals surface area contributed by atoms with Crippen molar-refractivity contribution in [3.63, 3.8) is 0 Å². The third-order valence-corrected chi connectivity index (χ3v) is 2.48. The van der Waals surface area contributed by atoms with Crippen molar-refractivity contribution in [1.82, 2.24) is 0 Å². The molecule has 114 valence electrons. The lowest BCUT2D eigenvalue weighted by atomic mass is 10.1. The molecule has 0 spiro atoms. The van der Waals surface area contributed by atoms with E-state index in [1.54, 1.807) is 0 Å². The normalized spacial score (nSPS) is 18.0. The van der Waals surface area contributed by atoms with Gasteiger partial charge in [0.1, 0.15) is 0 Å². The smallest absolute Gasteiger partial charge is 0.460 e. The maximum atomic E-state index is 13.0. The Morgan fingerprint density at radius 1 is 1.10 bits per heavy atom. The van der Waals surface area contributed by atoms with E-state index in [1.807, 2.05) is 0 Å². The zero-order valence-corrected chi connectivity index (χ0v) is 10.5. The molecule has 1 aromatic carbocycles. The molecule has 0 saturated heterocycles. The van der Waals surface area contributed by atoms with E-state index in [9.17, 15) is 27.2 Å². The second-order valence-electron chi connectivity index (χ2n) is 3.95. The van der Waals surface area contributed by atoms with Gasteiger partial charge in [-0.25, -0.2) is 4.79 Å². The van der Waals surface area contributed by atoms with Crippen LogP contribution in [0.4, 0.5) is 17.6 Å². The van der Waals surface area contributed by atoms with Crippen LogP contribution in [0.3, 0.4) is 0 Å². The molecular weight excluding hydrogens is 300 g/mol. The Morgan fingerprint density at radius 2 is 1.67 bits per heavy atom. The number of hydrogen-bond acceptors (Lipinski definition) is 5. The van der Waals surface area contributed by atoms with Crippen molar-refractivity contribution in [3.8, 4) is 11.5 Å². The number of ketones is 1. The molecule has 1 aliphatic rings. The molecule has 0 aliphatic carbocycles. The van der Waals surface area contributed by atoms with Gasteiger partial charge in [0.05, 0.1) is 6.61 Å². The standard InChI is InChI=1S/C12H8F4O5/c1-2-19-10(18)9(17)6-3-4-7-8(5-6)21-12(15,16)11(13,14)20-7/h3-5H,2H2,1H3. The van der Waals surface area contributed by atoms with Crippen LogP contribution in [0, 0.1) is 0 Å². The first-order chi connectivity index (χ1) is 9.68. The Balaban J connectivity index is 2.33. The van der Waals surface area contributed by atoms with Gasteiger partial charge in [-0.05, 0) is 25.1 Å². The summed E-state index contributed by atoms with van der Waals surface area (Å²) >= 11 is 0. The molecule has 9 heteroatoms. The first-order valence-electron chi connectivity index (χ1n) is 5.67. The molecule has 0 saturated carbocycles. The van der Waals surface area contributed by atoms with Crippen molar-refractivity contribution in [2.75, 3.05) is 6.61 Å². The summed E-state index contributed by atoms with van der Waals surface area (Å²) in [5, 5.41) is 0. The highest BCUT2D eigenvalue weighted by Gasteiger charge is 2.65. The third kappa shape index (κ3) is 2.63. The van der Waals surface area contributed by atoms with Crippen LogP contribution in [0.15, 0.2) is 18.2 Å². The first-order valence-corrected chi connectivity index (χ1v) is 5.67. The van der Waals surface area contributed by atoms with Crippen molar-refractivity contribution in [2.45, 2.75) is 19.1 Å². The van der Waals surface area contributed by atoms with Crippen LogP contribution in [-0.4, -0.2) is 30.6 Å². The summed E-state index contributed by atoms with van der Waals surface area (Å²) in [6.07, 6.45) is -9.74. The van der Waals surface area contributed by atoms with E-state index in [0.717, 1.165) is 12.1 Å². The SMILES string of the molecule is CCOC(=O)C(=O)c1ccc2c(c1)OC(F)(F)C(F)(F)O2. The molecule has 1 aromatic rings. The minimum atomic E-state index is -4.90. The molecule has 0 N–H and O–H groups in total. The molecule has 1 heterocycles. The van der Waals surface area contributed by atoms with Gasteiger partial charge in [0.15, 0.2) is 11.5 Å². The second-order valence-corrected chi connectivity index (χ2v) is 3.95. The molecule has 21 heavy (non-hydrogen) atoms. The molecule has 0 atom stereocenters. The number of fused-ring (bicyclic) bond motifs is 1. The minimum absolute atomic E-state index is 0.0561. The summed E-state index contributed by atoms with van der Waals surface area (Å²) in [6.45, 7) is 1.41. The number of carbonyl (C=O) groups excluding carboxylic acids is 2. The summed E-state index contributed by atoms with van der Waals surface area (Å²) in [5.41, 5.74) is -0.350. The number of Topliss-reactive ketones (excluding diaryl/α,β-unsaturated/α-hetero) is 1. The van der Waals surface area contributed by atoms with Gasteiger partial charge in [-0.1, -0.05) is 0 Å². The fraction of sp³-hybridized carbons (Fsp3) is 0.333. The van der Waals surface area contributed by atoms with E-state index in [-0.39, 0.29) is 12.2 Å². The van der Waals surface area contributed by atoms with Gasteiger partial charge in [-0.2, -0.15) is 17.6 Å². The van der Waals surface area contributed by atoms with Gasteiger partial charge in [0.2, 0.25) is 0 Å². The summed E-state index contributed by atoms with van der Waals surface area (Å²) in [7, 11) is 0. The second kappa shape index (κ2) is 4.90. The first kappa shape index (κ1) is 15.1. The van der Waals surface area contributed by atoms with E-state index in [2.05, 4.69) is 14.2 Å². The molecule has 0 unspecified atom stereocenters. The Hall–Kier alpha value is -2.32. The predicted molar refractivity (Wildman–Crippen MR) is 58.6 cm³/mol. The van der Waals surface area contributed by atoms with Gasteiger partial charge in [-0.15, -0.1) is 0 Å². The highest BCUT2D eigenvalue weighted by molar-refractivity contribution is 6.40. The molecule has 0 bridgehead atoms. The van der Waals surface area contributed by atoms with Crippen LogP contribution in [-0.2, 0) is 9.53 Å². The number of carbonyl (C=O) groups is 2. The maximum Gasteiger partial charge on any atom is 0.507 e. The third-order valence-electron chi connectivity index (χ3n) is 2.48. The quantitative estimate of drug-likeness (QED) is 0.371. The highest BCUT2D eigenvalue weighted by Crippen LogP contribution is 2.47. The molecule has 0 aromatic heterocycles. The van der Waals surface area contributed by atoms with Gasteiger partial charge in [0.25, 0.3) is 5.78 Å². The topological polar surface area (TPSA) is 61.8 Å². The van der Waals surface area contributed by atoms with Gasteiger partial charge in [-0.3, -0.25) is 4.79 Å². The van der Waals surface area contributed by atoms with E-state index in [0.29, 0.717) is 6.07 Å². The Bertz CT molecular complexity index is 599. The maximum absolute atomic E-state index is 13.0. The summed E-state index contributed by atoms with van der Waals surface area (Å²) in [5.74, 6) is -3.78. The van der Waals surface area contributed by atoms with E-state index in [1.165, 1.54) is 6.92 Å². The largest absolute Gasteiger partial charge is 0.507 e. The van der Waals surface area contributed by atoms with Crippen LogP contribution in [0.5, 0.6) is 11.5 Å². The van der Waals surface area contributed by atoms with Crippen molar-refractivity contribution >= 4 is 11.8 Å². The van der Waals surface area contributed by atoms with Gasteiger partial charge < -0.3 is 14.2 Å². The van der Waals surface area contributed by atoms with Crippen LogP contribution < -0.4 is 9.47 Å². The Kier molecular flexibility index (Phi) is 3.52. The Morgan fingerprint density at radius 3 is 2.24 bits per heavy atom. The lowest BCUT2D eigenvalue weighted by Gasteiger charge is -2.31. The average molecular weight is 308 g/mol. The van der Waals surface area contributed by atoms with Crippen molar-refractivity contribution in [2.24, 2.45) is 0 Å². The number of halogens is 4. The Labute approximate surface area is 115 Å². The highest BCUT2D eigenvalue weighted by atomic mass is 19.3. The van der Waals surface area contributed by atoms with Crippen molar-refractivity contribution < 1.29 is 41.4 Å². The monoisotopic (exact) mass is 308 g/mol. The fourth-order valence-electron chi connectivity index (χ4n) is 1.52. The molecule has 2 rings (SSSR count). The summed E-state index contributed by atoms with van der Waals surface area (Å²) in [4.78, 5) is 22.8. The van der Waals surface area contributed by atoms with Gasteiger partial charge in [0, 0.05) is 5.56 Å². The van der Waals surface area contributed by atoms with Gasteiger partial charge >= 0.3 is 18.2 Å². The van der Waals surface area contributed by atoms with Crippen LogP contribution in [0.25, 0.3) is 0 Å². The molecule has 5 nitrogen and oxygen atoms in total.